The van der Waals surface area contributed by atoms with Crippen LogP contribution in [0.15, 0.2) is 16.9 Å². The number of aromatic nitrogens is 2. The highest BCUT2D eigenvalue weighted by atomic mass is 19.1. The van der Waals surface area contributed by atoms with Gasteiger partial charge in [-0.25, -0.2) is 4.39 Å². The van der Waals surface area contributed by atoms with Gasteiger partial charge in [0.15, 0.2) is 0 Å². The van der Waals surface area contributed by atoms with Crippen LogP contribution in [0.3, 0.4) is 0 Å². The Bertz CT molecular complexity index is 1170. The van der Waals surface area contributed by atoms with Crippen molar-refractivity contribution in [2.24, 2.45) is 0 Å². The van der Waals surface area contributed by atoms with Crippen LogP contribution < -0.4 is 17.0 Å². The zero-order chi connectivity index (χ0) is 19.3. The molecular weight excluding hydrogens is 349 g/mol. The summed E-state index contributed by atoms with van der Waals surface area (Å²) in [5, 5.41) is 8.40. The van der Waals surface area contributed by atoms with Gasteiger partial charge in [-0.3, -0.25) is 9.78 Å². The van der Waals surface area contributed by atoms with Gasteiger partial charge in [0.25, 0.3) is 5.56 Å². The van der Waals surface area contributed by atoms with Crippen LogP contribution >= 0.6 is 0 Å². The summed E-state index contributed by atoms with van der Waals surface area (Å²) in [5.74, 6) is -0.631. The first kappa shape index (κ1) is 17.2. The van der Waals surface area contributed by atoms with Gasteiger partial charge < -0.3 is 26.6 Å². The number of nitrogens with two attached hydrogens (primary N) is 2. The van der Waals surface area contributed by atoms with Crippen molar-refractivity contribution in [3.05, 3.63) is 50.8 Å². The number of nitrogens with zero attached hydrogens (tertiary/aromatic N) is 1. The number of hydrogen-bond acceptors (Lipinski definition) is 6. The van der Waals surface area contributed by atoms with Crippen LogP contribution in [0.5, 0.6) is 0 Å². The van der Waals surface area contributed by atoms with Crippen molar-refractivity contribution in [2.45, 2.75) is 20.0 Å². The van der Waals surface area contributed by atoms with Crippen molar-refractivity contribution in [3.8, 4) is 11.1 Å². The molecule has 4 rings (SSSR count). The zero-order valence-electron chi connectivity index (χ0n) is 14.6. The van der Waals surface area contributed by atoms with Gasteiger partial charge in [0.2, 0.25) is 0 Å². The summed E-state index contributed by atoms with van der Waals surface area (Å²) < 4.78 is 19.5. The topological polar surface area (TPSA) is 131 Å². The Morgan fingerprint density at radius 1 is 1.33 bits per heavy atom. The summed E-state index contributed by atoms with van der Waals surface area (Å²) in [6.45, 7) is 2.70. The second-order valence-electron chi connectivity index (χ2n) is 6.48. The second-order valence-corrected chi connectivity index (χ2v) is 6.48. The van der Waals surface area contributed by atoms with Gasteiger partial charge in [-0.05, 0) is 18.6 Å². The van der Waals surface area contributed by atoms with Crippen molar-refractivity contribution in [3.63, 3.8) is 0 Å². The number of ether oxygens (including phenoxy) is 1. The summed E-state index contributed by atoms with van der Waals surface area (Å²) >= 11 is 0. The molecule has 0 aliphatic carbocycles. The van der Waals surface area contributed by atoms with E-state index in [0.717, 1.165) is 17.5 Å². The van der Waals surface area contributed by atoms with Crippen LogP contribution in [0.4, 0.5) is 15.8 Å². The van der Waals surface area contributed by atoms with Crippen molar-refractivity contribution < 1.29 is 9.13 Å². The Balaban J connectivity index is 2.24. The lowest BCUT2D eigenvalue weighted by Gasteiger charge is -2.22. The number of H-pyrrole nitrogens is 1. The van der Waals surface area contributed by atoms with Gasteiger partial charge in [-0.2, -0.15) is 0 Å². The molecule has 1 aliphatic heterocycles. The van der Waals surface area contributed by atoms with Crippen molar-refractivity contribution in [2.75, 3.05) is 18.1 Å². The van der Waals surface area contributed by atoms with E-state index < -0.39 is 11.4 Å². The smallest absolute Gasteiger partial charge is 0.272 e. The van der Waals surface area contributed by atoms with Crippen LogP contribution in [0.1, 0.15) is 22.5 Å². The van der Waals surface area contributed by atoms with Gasteiger partial charge in [0, 0.05) is 40.4 Å². The number of hydrogen-bond donors (Lipinski definition) is 4. The van der Waals surface area contributed by atoms with E-state index in [-0.39, 0.29) is 16.9 Å². The van der Waals surface area contributed by atoms with Crippen LogP contribution in [-0.4, -0.2) is 22.8 Å². The molecule has 0 bridgehead atoms. The van der Waals surface area contributed by atoms with Crippen molar-refractivity contribution >= 4 is 28.5 Å². The summed E-state index contributed by atoms with van der Waals surface area (Å²) in [6, 6.07) is 2.70. The lowest BCUT2D eigenvalue weighted by atomic mass is 9.91. The van der Waals surface area contributed by atoms with Crippen molar-refractivity contribution in [1.82, 2.24) is 9.97 Å². The first-order valence-corrected chi connectivity index (χ1v) is 8.44. The number of halogens is 1. The Kier molecular flexibility index (Phi) is 3.92. The van der Waals surface area contributed by atoms with Gasteiger partial charge in [-0.1, -0.05) is 6.07 Å². The minimum absolute atomic E-state index is 0.0185. The van der Waals surface area contributed by atoms with Crippen LogP contribution in [0.2, 0.25) is 0 Å². The van der Waals surface area contributed by atoms with Crippen molar-refractivity contribution in [1.29, 1.82) is 5.41 Å². The highest BCUT2D eigenvalue weighted by Crippen LogP contribution is 2.39. The molecule has 0 fully saturated rings. The highest BCUT2D eigenvalue weighted by Gasteiger charge is 2.24. The highest BCUT2D eigenvalue weighted by molar-refractivity contribution is 6.08. The number of benzene rings is 1. The molecule has 0 amide bonds. The minimum Gasteiger partial charge on any atom is -0.396 e. The molecule has 3 heterocycles. The standard InChI is InChI=1S/C19H18FN5O2/c1-8-18-15(11-7-27-5-4-13(11)24-8)14(17(23)19(26)25-18)9-2-3-12(20)16(22)10(9)6-21/h2-3,6,21H,4-5,7,22-23H2,1H3,(H,25,26). The number of nitrogens with one attached hydrogen (secondary N) is 2. The molecule has 2 aromatic heterocycles. The lowest BCUT2D eigenvalue weighted by Crippen LogP contribution is -2.19. The maximum absolute atomic E-state index is 13.9. The molecule has 7 nitrogen and oxygen atoms in total. The molecule has 0 spiro atoms. The molecule has 0 atom stereocenters. The monoisotopic (exact) mass is 367 g/mol. The van der Waals surface area contributed by atoms with Gasteiger partial charge in [0.05, 0.1) is 30.1 Å². The Morgan fingerprint density at radius 2 is 2.11 bits per heavy atom. The zero-order valence-corrected chi connectivity index (χ0v) is 14.6. The predicted molar refractivity (Wildman–Crippen MR) is 103 cm³/mol. The summed E-state index contributed by atoms with van der Waals surface area (Å²) in [4.78, 5) is 19.9. The quantitative estimate of drug-likeness (QED) is 0.408. The van der Waals surface area contributed by atoms with E-state index in [2.05, 4.69) is 9.97 Å². The Labute approximate surface area is 153 Å². The third-order valence-corrected chi connectivity index (χ3v) is 4.94. The molecule has 0 unspecified atom stereocenters. The van der Waals surface area contributed by atoms with E-state index in [9.17, 15) is 9.18 Å². The van der Waals surface area contributed by atoms with E-state index in [0.29, 0.717) is 47.4 Å². The fourth-order valence-electron chi connectivity index (χ4n) is 3.63. The fraction of sp³-hybridized carbons (Fsp3) is 0.211. The lowest BCUT2D eigenvalue weighted by molar-refractivity contribution is 0.110. The third kappa shape index (κ3) is 2.48. The molecule has 27 heavy (non-hydrogen) atoms. The maximum atomic E-state index is 13.9. The van der Waals surface area contributed by atoms with Crippen LogP contribution in [-0.2, 0) is 17.8 Å². The van der Waals surface area contributed by atoms with Gasteiger partial charge in [0.1, 0.15) is 11.5 Å². The van der Waals surface area contributed by atoms with Crippen LogP contribution in [0, 0.1) is 18.2 Å². The minimum atomic E-state index is -0.631. The molecule has 6 N–H and O–H groups in total. The summed E-state index contributed by atoms with van der Waals surface area (Å²) in [6.07, 6.45) is 1.62. The number of aryl methyl sites for hydroxylation is 1. The van der Waals surface area contributed by atoms with E-state index >= 15 is 0 Å². The Hall–Kier alpha value is -3.26. The first-order valence-electron chi connectivity index (χ1n) is 8.44. The number of fused-ring (bicyclic) bond motifs is 3. The van der Waals surface area contributed by atoms with E-state index in [1.807, 2.05) is 6.92 Å². The number of aromatic amines is 1. The van der Waals surface area contributed by atoms with Gasteiger partial charge >= 0.3 is 0 Å². The molecule has 1 aromatic carbocycles. The predicted octanol–water partition coefficient (Wildman–Crippen LogP) is 2.27. The third-order valence-electron chi connectivity index (χ3n) is 4.94. The molecule has 0 saturated heterocycles. The molecule has 0 radical (unpaired) electrons. The average molecular weight is 367 g/mol. The normalized spacial score (nSPS) is 13.6. The number of nitrogen functional groups attached to an aromatic ring is 2. The summed E-state index contributed by atoms with van der Waals surface area (Å²) in [7, 11) is 0. The van der Waals surface area contributed by atoms with E-state index in [4.69, 9.17) is 21.6 Å². The second kappa shape index (κ2) is 6.17. The molecule has 3 aromatic rings. The first-order chi connectivity index (χ1) is 12.9. The average Bonchev–Trinajstić information content (AvgIpc) is 2.66. The molecule has 138 valence electrons. The maximum Gasteiger partial charge on any atom is 0.272 e. The van der Waals surface area contributed by atoms with E-state index in [1.165, 1.54) is 12.1 Å². The van der Waals surface area contributed by atoms with Crippen LogP contribution in [0.25, 0.3) is 22.0 Å². The number of anilines is 2. The Morgan fingerprint density at radius 3 is 2.85 bits per heavy atom. The molecular formula is C19H18FN5O2. The number of pyridine rings is 2. The molecule has 1 aliphatic rings. The largest absolute Gasteiger partial charge is 0.396 e. The fourth-order valence-corrected chi connectivity index (χ4v) is 3.63. The number of rotatable bonds is 2. The summed E-state index contributed by atoms with van der Waals surface area (Å²) in [5.41, 5.74) is 15.3. The van der Waals surface area contributed by atoms with E-state index in [1.54, 1.807) is 0 Å². The molecule has 0 saturated carbocycles. The molecule has 8 heteroatoms. The SMILES string of the molecule is Cc1nc2c(c3c(-c4ccc(F)c(N)c4C=N)c(N)c(=O)[nH]c13)COCC2. The van der Waals surface area contributed by atoms with Gasteiger partial charge in [-0.15, -0.1) is 0 Å².